The summed E-state index contributed by atoms with van der Waals surface area (Å²) < 4.78 is 19.9. The third-order valence-corrected chi connectivity index (χ3v) is 3.52. The van der Waals surface area contributed by atoms with Crippen LogP contribution in [-0.2, 0) is 11.2 Å². The fourth-order valence-corrected chi connectivity index (χ4v) is 2.36. The van der Waals surface area contributed by atoms with E-state index in [2.05, 4.69) is 20.7 Å². The van der Waals surface area contributed by atoms with Gasteiger partial charge < -0.3 is 15.4 Å². The van der Waals surface area contributed by atoms with Gasteiger partial charge in [-0.25, -0.2) is 9.07 Å². The van der Waals surface area contributed by atoms with Crippen molar-refractivity contribution in [1.29, 1.82) is 0 Å². The van der Waals surface area contributed by atoms with Crippen LogP contribution in [0.2, 0.25) is 0 Å². The number of ether oxygens (including phenoxy) is 1. The Kier molecular flexibility index (Phi) is 7.40. The molecule has 1 unspecified atom stereocenters. The highest BCUT2D eigenvalue weighted by atomic mass is 19.1. The van der Waals surface area contributed by atoms with E-state index in [1.807, 2.05) is 26.1 Å². The maximum absolute atomic E-state index is 13.0. The smallest absolute Gasteiger partial charge is 0.191 e. The zero-order valence-electron chi connectivity index (χ0n) is 15.0. The molecule has 136 valence electrons. The number of hydrogen-bond acceptors (Lipinski definition) is 3. The van der Waals surface area contributed by atoms with Gasteiger partial charge in [0.25, 0.3) is 0 Å². The van der Waals surface area contributed by atoms with E-state index in [1.54, 1.807) is 23.9 Å². The number of aromatic nitrogens is 2. The topological polar surface area (TPSA) is 63.5 Å². The minimum atomic E-state index is -0.253. The first-order valence-corrected chi connectivity index (χ1v) is 8.46. The molecule has 0 radical (unpaired) electrons. The first kappa shape index (κ1) is 18.9. The lowest BCUT2D eigenvalue weighted by atomic mass is 10.3. The minimum absolute atomic E-state index is 0.181. The number of hydrogen-bond donors (Lipinski definition) is 2. The van der Waals surface area contributed by atoms with Crippen LogP contribution < -0.4 is 10.6 Å². The molecule has 0 saturated heterocycles. The summed E-state index contributed by atoms with van der Waals surface area (Å²) in [4.78, 5) is 4.56. The van der Waals surface area contributed by atoms with Gasteiger partial charge in [-0.15, -0.1) is 0 Å². The molecule has 2 N–H and O–H groups in total. The number of nitrogens with zero attached hydrogens (tertiary/aromatic N) is 3. The number of benzene rings is 1. The van der Waals surface area contributed by atoms with Gasteiger partial charge in [0.2, 0.25) is 0 Å². The number of nitrogens with one attached hydrogen (secondary N) is 2. The predicted octanol–water partition coefficient (Wildman–Crippen LogP) is 2.14. The SMILES string of the molecule is CCNC(=NCCc1ccn(-c2ccc(F)cc2)n1)NC(C)COC. The lowest BCUT2D eigenvalue weighted by Gasteiger charge is -2.16. The molecule has 2 aromatic rings. The van der Waals surface area contributed by atoms with Crippen LogP contribution in [0, 0.1) is 5.82 Å². The third-order valence-electron chi connectivity index (χ3n) is 3.52. The number of aliphatic imine (C=N–C) groups is 1. The number of halogens is 1. The summed E-state index contributed by atoms with van der Waals surface area (Å²) in [5.41, 5.74) is 1.77. The molecule has 6 nitrogen and oxygen atoms in total. The molecule has 1 aromatic carbocycles. The molecule has 0 fully saturated rings. The van der Waals surface area contributed by atoms with Crippen molar-refractivity contribution in [3.05, 3.63) is 48.0 Å². The average molecular weight is 347 g/mol. The number of rotatable bonds is 8. The molecule has 1 atom stereocenters. The van der Waals surface area contributed by atoms with Crippen molar-refractivity contribution < 1.29 is 9.13 Å². The van der Waals surface area contributed by atoms with Gasteiger partial charge in [-0.2, -0.15) is 5.10 Å². The lowest BCUT2D eigenvalue weighted by Crippen LogP contribution is -2.44. The van der Waals surface area contributed by atoms with Crippen molar-refractivity contribution in [2.45, 2.75) is 26.3 Å². The van der Waals surface area contributed by atoms with E-state index < -0.39 is 0 Å². The Morgan fingerprint density at radius 2 is 2.08 bits per heavy atom. The van der Waals surface area contributed by atoms with Crippen molar-refractivity contribution in [3.63, 3.8) is 0 Å². The van der Waals surface area contributed by atoms with E-state index in [4.69, 9.17) is 4.74 Å². The summed E-state index contributed by atoms with van der Waals surface area (Å²) in [5.74, 6) is 0.515. The Morgan fingerprint density at radius 1 is 1.32 bits per heavy atom. The monoisotopic (exact) mass is 347 g/mol. The molecule has 0 saturated carbocycles. The third kappa shape index (κ3) is 6.19. The Bertz CT molecular complexity index is 668. The van der Waals surface area contributed by atoms with Gasteiger partial charge in [-0.1, -0.05) is 0 Å². The zero-order chi connectivity index (χ0) is 18.1. The largest absolute Gasteiger partial charge is 0.383 e. The highest BCUT2D eigenvalue weighted by molar-refractivity contribution is 5.80. The van der Waals surface area contributed by atoms with Crippen molar-refractivity contribution in [2.75, 3.05) is 26.8 Å². The number of guanidine groups is 1. The van der Waals surface area contributed by atoms with E-state index in [0.717, 1.165) is 30.3 Å². The predicted molar refractivity (Wildman–Crippen MR) is 97.7 cm³/mol. The molecule has 2 rings (SSSR count). The van der Waals surface area contributed by atoms with Crippen LogP contribution in [0.1, 0.15) is 19.5 Å². The average Bonchev–Trinajstić information content (AvgIpc) is 3.05. The first-order chi connectivity index (χ1) is 12.1. The molecule has 0 spiro atoms. The molecular formula is C18H26FN5O. The Morgan fingerprint density at radius 3 is 2.76 bits per heavy atom. The molecular weight excluding hydrogens is 321 g/mol. The highest BCUT2D eigenvalue weighted by Gasteiger charge is 2.05. The molecule has 7 heteroatoms. The van der Waals surface area contributed by atoms with E-state index in [9.17, 15) is 4.39 Å². The van der Waals surface area contributed by atoms with Crippen molar-refractivity contribution in [2.24, 2.45) is 4.99 Å². The fraction of sp³-hybridized carbons (Fsp3) is 0.444. The maximum Gasteiger partial charge on any atom is 0.191 e. The number of methoxy groups -OCH3 is 1. The van der Waals surface area contributed by atoms with E-state index >= 15 is 0 Å². The molecule has 0 aliphatic heterocycles. The Balaban J connectivity index is 1.92. The molecule has 0 bridgehead atoms. The van der Waals surface area contributed by atoms with Gasteiger partial charge in [0, 0.05) is 38.9 Å². The van der Waals surface area contributed by atoms with Crippen LogP contribution in [0.5, 0.6) is 0 Å². The first-order valence-electron chi connectivity index (χ1n) is 8.46. The van der Waals surface area contributed by atoms with Crippen LogP contribution >= 0.6 is 0 Å². The van der Waals surface area contributed by atoms with E-state index in [-0.39, 0.29) is 11.9 Å². The van der Waals surface area contributed by atoms with Crippen molar-refractivity contribution in [1.82, 2.24) is 20.4 Å². The van der Waals surface area contributed by atoms with Gasteiger partial charge in [-0.3, -0.25) is 4.99 Å². The van der Waals surface area contributed by atoms with Crippen LogP contribution in [0.25, 0.3) is 5.69 Å². The fourth-order valence-electron chi connectivity index (χ4n) is 2.36. The Hall–Kier alpha value is -2.41. The standard InChI is InChI=1S/C18H26FN5O/c1-4-20-18(22-14(2)13-25-3)21-11-9-16-10-12-24(23-16)17-7-5-15(19)6-8-17/h5-8,10,12,14H,4,9,11,13H2,1-3H3,(H2,20,21,22). The van der Waals surface area contributed by atoms with Gasteiger partial charge in [0.1, 0.15) is 5.82 Å². The van der Waals surface area contributed by atoms with Gasteiger partial charge in [0.15, 0.2) is 5.96 Å². The van der Waals surface area contributed by atoms with Gasteiger partial charge >= 0.3 is 0 Å². The molecule has 25 heavy (non-hydrogen) atoms. The summed E-state index contributed by atoms with van der Waals surface area (Å²) in [7, 11) is 1.68. The lowest BCUT2D eigenvalue weighted by molar-refractivity contribution is 0.179. The van der Waals surface area contributed by atoms with E-state index in [0.29, 0.717) is 13.2 Å². The van der Waals surface area contributed by atoms with Gasteiger partial charge in [0.05, 0.1) is 18.0 Å². The highest BCUT2D eigenvalue weighted by Crippen LogP contribution is 2.09. The van der Waals surface area contributed by atoms with Crippen LogP contribution in [0.15, 0.2) is 41.5 Å². The molecule has 0 aliphatic rings. The molecule has 0 amide bonds. The summed E-state index contributed by atoms with van der Waals surface area (Å²) in [5, 5.41) is 11.0. The second kappa shape index (κ2) is 9.78. The van der Waals surface area contributed by atoms with Crippen LogP contribution in [0.4, 0.5) is 4.39 Å². The van der Waals surface area contributed by atoms with Crippen molar-refractivity contribution >= 4 is 5.96 Å². The molecule has 0 aliphatic carbocycles. The molecule has 1 aromatic heterocycles. The Labute approximate surface area is 148 Å². The maximum atomic E-state index is 13.0. The van der Waals surface area contributed by atoms with Crippen LogP contribution in [0.3, 0.4) is 0 Å². The van der Waals surface area contributed by atoms with Crippen molar-refractivity contribution in [3.8, 4) is 5.69 Å². The summed E-state index contributed by atoms with van der Waals surface area (Å²) in [6, 6.07) is 8.39. The quantitative estimate of drug-likeness (QED) is 0.567. The zero-order valence-corrected chi connectivity index (χ0v) is 15.0. The second-order valence-electron chi connectivity index (χ2n) is 5.74. The minimum Gasteiger partial charge on any atom is -0.383 e. The van der Waals surface area contributed by atoms with Crippen LogP contribution in [-0.4, -0.2) is 48.6 Å². The van der Waals surface area contributed by atoms with Gasteiger partial charge in [-0.05, 0) is 44.2 Å². The molecule has 1 heterocycles. The summed E-state index contributed by atoms with van der Waals surface area (Å²) in [6.07, 6.45) is 2.60. The summed E-state index contributed by atoms with van der Waals surface area (Å²) in [6.45, 7) is 6.11. The van der Waals surface area contributed by atoms with E-state index in [1.165, 1.54) is 12.1 Å². The second-order valence-corrected chi connectivity index (χ2v) is 5.74. The summed E-state index contributed by atoms with van der Waals surface area (Å²) >= 11 is 0. The normalized spacial score (nSPS) is 12.9.